The van der Waals surface area contributed by atoms with Crippen molar-refractivity contribution in [3.8, 4) is 0 Å². The lowest BCUT2D eigenvalue weighted by atomic mass is 10.0. The van der Waals surface area contributed by atoms with Crippen molar-refractivity contribution in [2.24, 2.45) is 5.92 Å². The maximum absolute atomic E-state index is 10.9. The molecule has 3 nitrogen and oxygen atoms in total. The number of thiazole rings is 1. The number of aliphatic carboxylic acids is 1. The maximum atomic E-state index is 10.9. The molecule has 84 valence electrons. The van der Waals surface area contributed by atoms with Gasteiger partial charge in [0.15, 0.2) is 0 Å². The molecule has 0 fully saturated rings. The van der Waals surface area contributed by atoms with Gasteiger partial charge in [-0.05, 0) is 12.3 Å². The summed E-state index contributed by atoms with van der Waals surface area (Å²) in [6.45, 7) is 6.14. The summed E-state index contributed by atoms with van der Waals surface area (Å²) in [5, 5.41) is 11.9. The maximum Gasteiger partial charge on any atom is 0.312 e. The molecule has 1 atom stereocenters. The second-order valence-corrected chi connectivity index (χ2v) is 5.01. The minimum absolute atomic E-state index is 0.442. The van der Waals surface area contributed by atoms with E-state index in [2.05, 4.69) is 18.8 Å². The number of carbonyl (C=O) groups is 1. The van der Waals surface area contributed by atoms with Gasteiger partial charge in [0.05, 0.1) is 16.6 Å². The van der Waals surface area contributed by atoms with Gasteiger partial charge in [0, 0.05) is 11.8 Å². The van der Waals surface area contributed by atoms with Crippen molar-refractivity contribution in [2.75, 3.05) is 0 Å². The number of carboxylic acids is 1. The van der Waals surface area contributed by atoms with E-state index < -0.39 is 11.9 Å². The molecule has 0 aliphatic heterocycles. The Hall–Kier alpha value is -0.900. The predicted molar refractivity (Wildman–Crippen MR) is 61.3 cm³/mol. The van der Waals surface area contributed by atoms with Gasteiger partial charge in [-0.1, -0.05) is 20.8 Å². The fourth-order valence-corrected chi connectivity index (χ4v) is 2.50. The van der Waals surface area contributed by atoms with E-state index >= 15 is 0 Å². The molecule has 1 aromatic rings. The van der Waals surface area contributed by atoms with Crippen LogP contribution in [-0.4, -0.2) is 16.1 Å². The molecule has 1 N–H and O–H groups in total. The Morgan fingerprint density at radius 1 is 1.60 bits per heavy atom. The van der Waals surface area contributed by atoms with Gasteiger partial charge in [0.1, 0.15) is 0 Å². The highest BCUT2D eigenvalue weighted by molar-refractivity contribution is 7.09. The van der Waals surface area contributed by atoms with E-state index in [-0.39, 0.29) is 0 Å². The first-order chi connectivity index (χ1) is 7.04. The molecular weight excluding hydrogens is 210 g/mol. The molecule has 0 aromatic carbocycles. The van der Waals surface area contributed by atoms with E-state index in [0.29, 0.717) is 18.0 Å². The fourth-order valence-electron chi connectivity index (χ4n) is 1.44. The van der Waals surface area contributed by atoms with Crippen LogP contribution in [-0.2, 0) is 11.2 Å². The Kier molecular flexibility index (Phi) is 4.27. The third kappa shape index (κ3) is 3.30. The first kappa shape index (κ1) is 12.2. The highest BCUT2D eigenvalue weighted by Gasteiger charge is 2.20. The quantitative estimate of drug-likeness (QED) is 0.841. The summed E-state index contributed by atoms with van der Waals surface area (Å²) in [5.41, 5.74) is 0.714. The Morgan fingerprint density at radius 2 is 2.27 bits per heavy atom. The lowest BCUT2D eigenvalue weighted by molar-refractivity contribution is -0.138. The molecule has 15 heavy (non-hydrogen) atoms. The van der Waals surface area contributed by atoms with Crippen LogP contribution in [0.25, 0.3) is 0 Å². The third-order valence-electron chi connectivity index (χ3n) is 2.22. The lowest BCUT2D eigenvalue weighted by Gasteiger charge is -2.05. The average Bonchev–Trinajstić information content (AvgIpc) is 2.52. The number of hydrogen-bond donors (Lipinski definition) is 1. The van der Waals surface area contributed by atoms with Crippen molar-refractivity contribution in [3.05, 3.63) is 16.1 Å². The summed E-state index contributed by atoms with van der Waals surface area (Å²) in [7, 11) is 0. The third-order valence-corrected chi connectivity index (χ3v) is 3.11. The summed E-state index contributed by atoms with van der Waals surface area (Å²) >= 11 is 1.56. The number of carboxylic acid groups (broad SMARTS) is 1. The van der Waals surface area contributed by atoms with Crippen molar-refractivity contribution < 1.29 is 9.90 Å². The first-order valence-electron chi connectivity index (χ1n) is 5.21. The summed E-state index contributed by atoms with van der Waals surface area (Å²) in [6, 6.07) is 0. The van der Waals surface area contributed by atoms with Gasteiger partial charge < -0.3 is 5.11 Å². The second kappa shape index (κ2) is 5.26. The number of aromatic nitrogens is 1. The summed E-state index contributed by atoms with van der Waals surface area (Å²) in [5.74, 6) is -0.657. The fraction of sp³-hybridized carbons (Fsp3) is 0.636. The van der Waals surface area contributed by atoms with Crippen molar-refractivity contribution in [1.82, 2.24) is 4.98 Å². The molecule has 1 rings (SSSR count). The van der Waals surface area contributed by atoms with E-state index in [0.717, 1.165) is 11.4 Å². The van der Waals surface area contributed by atoms with Gasteiger partial charge in [-0.3, -0.25) is 4.79 Å². The standard InChI is InChI=1S/C11H17NO2S/c1-4-8(11(13)14)9-6-15-10(12-9)5-7(2)3/h6-8H,4-5H2,1-3H3,(H,13,14). The molecule has 0 radical (unpaired) electrons. The minimum Gasteiger partial charge on any atom is -0.481 e. The zero-order valence-electron chi connectivity index (χ0n) is 9.36. The molecule has 1 heterocycles. The first-order valence-corrected chi connectivity index (χ1v) is 6.09. The monoisotopic (exact) mass is 227 g/mol. The largest absolute Gasteiger partial charge is 0.481 e. The number of hydrogen-bond acceptors (Lipinski definition) is 3. The summed E-state index contributed by atoms with van der Waals surface area (Å²) in [4.78, 5) is 15.3. The van der Waals surface area contributed by atoms with Gasteiger partial charge in [-0.25, -0.2) is 4.98 Å². The van der Waals surface area contributed by atoms with Crippen molar-refractivity contribution in [1.29, 1.82) is 0 Å². The van der Waals surface area contributed by atoms with Gasteiger partial charge in [-0.2, -0.15) is 0 Å². The molecule has 4 heteroatoms. The molecule has 0 amide bonds. The van der Waals surface area contributed by atoms with Crippen LogP contribution in [0.2, 0.25) is 0 Å². The molecule has 0 aliphatic rings. The molecule has 0 bridgehead atoms. The molecule has 1 unspecified atom stereocenters. The molecule has 0 saturated carbocycles. The zero-order valence-corrected chi connectivity index (χ0v) is 10.2. The van der Waals surface area contributed by atoms with Gasteiger partial charge >= 0.3 is 5.97 Å². The SMILES string of the molecule is CCC(C(=O)O)c1csc(CC(C)C)n1. The Labute approximate surface area is 94.2 Å². The van der Waals surface area contributed by atoms with Crippen molar-refractivity contribution in [2.45, 2.75) is 39.5 Å². The van der Waals surface area contributed by atoms with E-state index in [1.54, 1.807) is 11.3 Å². The van der Waals surface area contributed by atoms with E-state index in [1.807, 2.05) is 12.3 Å². The van der Waals surface area contributed by atoms with Crippen LogP contribution in [0.3, 0.4) is 0 Å². The number of rotatable bonds is 5. The molecule has 1 aromatic heterocycles. The van der Waals surface area contributed by atoms with Crippen LogP contribution in [0, 0.1) is 5.92 Å². The molecule has 0 saturated heterocycles. The van der Waals surface area contributed by atoms with Gasteiger partial charge in [0.25, 0.3) is 0 Å². The van der Waals surface area contributed by atoms with Crippen LogP contribution in [0.5, 0.6) is 0 Å². The van der Waals surface area contributed by atoms with E-state index in [9.17, 15) is 4.79 Å². The zero-order chi connectivity index (χ0) is 11.4. The highest BCUT2D eigenvalue weighted by atomic mass is 32.1. The predicted octanol–water partition coefficient (Wildman–Crippen LogP) is 2.92. The normalized spacial score (nSPS) is 13.1. The van der Waals surface area contributed by atoms with Crippen LogP contribution in [0.15, 0.2) is 5.38 Å². The van der Waals surface area contributed by atoms with Crippen LogP contribution in [0.4, 0.5) is 0 Å². The average molecular weight is 227 g/mol. The Balaban J connectivity index is 2.78. The summed E-state index contributed by atoms with van der Waals surface area (Å²) in [6.07, 6.45) is 1.53. The van der Waals surface area contributed by atoms with E-state index in [4.69, 9.17) is 5.11 Å². The smallest absolute Gasteiger partial charge is 0.312 e. The Morgan fingerprint density at radius 3 is 2.73 bits per heavy atom. The number of nitrogens with zero attached hydrogens (tertiary/aromatic N) is 1. The highest BCUT2D eigenvalue weighted by Crippen LogP contribution is 2.23. The Bertz CT molecular complexity index is 333. The molecule has 0 spiro atoms. The summed E-state index contributed by atoms with van der Waals surface area (Å²) < 4.78 is 0. The van der Waals surface area contributed by atoms with Crippen molar-refractivity contribution in [3.63, 3.8) is 0 Å². The van der Waals surface area contributed by atoms with Crippen LogP contribution < -0.4 is 0 Å². The lowest BCUT2D eigenvalue weighted by Crippen LogP contribution is -2.11. The molecule has 0 aliphatic carbocycles. The van der Waals surface area contributed by atoms with Crippen LogP contribution in [0.1, 0.15) is 43.8 Å². The van der Waals surface area contributed by atoms with Crippen molar-refractivity contribution >= 4 is 17.3 Å². The molecular formula is C11H17NO2S. The minimum atomic E-state index is -0.779. The second-order valence-electron chi connectivity index (χ2n) is 4.06. The topological polar surface area (TPSA) is 50.2 Å². The van der Waals surface area contributed by atoms with Gasteiger partial charge in [-0.15, -0.1) is 11.3 Å². The van der Waals surface area contributed by atoms with Crippen LogP contribution >= 0.6 is 11.3 Å². The van der Waals surface area contributed by atoms with Gasteiger partial charge in [0.2, 0.25) is 0 Å². The van der Waals surface area contributed by atoms with E-state index in [1.165, 1.54) is 0 Å².